The molecule has 1 aromatic rings. The molecule has 0 aliphatic heterocycles. The number of nitro groups is 1. The molecule has 19 heavy (non-hydrogen) atoms. The van der Waals surface area contributed by atoms with Gasteiger partial charge < -0.3 is 11.1 Å². The highest BCUT2D eigenvalue weighted by Gasteiger charge is 2.15. The van der Waals surface area contributed by atoms with Crippen molar-refractivity contribution in [3.63, 3.8) is 0 Å². The fourth-order valence-electron chi connectivity index (χ4n) is 1.77. The molecule has 0 bridgehead atoms. The van der Waals surface area contributed by atoms with E-state index < -0.39 is 4.92 Å². The molecule has 1 unspecified atom stereocenters. The number of nitrogens with zero attached hydrogens (tertiary/aromatic N) is 1. The van der Waals surface area contributed by atoms with E-state index in [1.54, 1.807) is 19.9 Å². The Bertz CT molecular complexity index is 500. The molecule has 3 N–H and O–H groups in total. The van der Waals surface area contributed by atoms with E-state index in [0.29, 0.717) is 24.2 Å². The molecule has 0 aliphatic carbocycles. The zero-order valence-electron chi connectivity index (χ0n) is 11.4. The van der Waals surface area contributed by atoms with Gasteiger partial charge in [0, 0.05) is 18.1 Å². The zero-order chi connectivity index (χ0) is 14.6. The van der Waals surface area contributed by atoms with Crippen molar-refractivity contribution in [1.82, 2.24) is 0 Å². The van der Waals surface area contributed by atoms with Crippen LogP contribution in [0.4, 0.5) is 11.4 Å². The van der Waals surface area contributed by atoms with Gasteiger partial charge in [0.1, 0.15) is 0 Å². The number of benzene rings is 1. The minimum absolute atomic E-state index is 0.00720. The lowest BCUT2D eigenvalue weighted by Crippen LogP contribution is -2.20. The number of carbonyl (C=O) groups excluding carboxylic acids is 1. The molecule has 0 heterocycles. The summed E-state index contributed by atoms with van der Waals surface area (Å²) in [5.74, 6) is -0.0973. The third-order valence-corrected chi connectivity index (χ3v) is 2.95. The Morgan fingerprint density at radius 3 is 2.58 bits per heavy atom. The molecule has 0 aromatic heterocycles. The van der Waals surface area contributed by atoms with Crippen LogP contribution in [-0.4, -0.2) is 17.4 Å². The van der Waals surface area contributed by atoms with Crippen molar-refractivity contribution >= 4 is 17.3 Å². The maximum atomic E-state index is 11.8. The number of aryl methyl sites for hydroxylation is 2. The summed E-state index contributed by atoms with van der Waals surface area (Å²) >= 11 is 0. The molecular weight excluding hydrogens is 246 g/mol. The van der Waals surface area contributed by atoms with Crippen molar-refractivity contribution in [3.05, 3.63) is 33.4 Å². The highest BCUT2D eigenvalue weighted by atomic mass is 16.6. The Kier molecular flexibility index (Phi) is 5.00. The molecule has 1 atom stereocenters. The number of hydrogen-bond donors (Lipinski definition) is 2. The highest BCUT2D eigenvalue weighted by Crippen LogP contribution is 2.26. The van der Waals surface area contributed by atoms with Crippen LogP contribution in [0.5, 0.6) is 0 Å². The number of amides is 1. The first kappa shape index (κ1) is 15.1. The Hall–Kier alpha value is -1.95. The van der Waals surface area contributed by atoms with E-state index in [4.69, 9.17) is 5.73 Å². The third-order valence-electron chi connectivity index (χ3n) is 2.95. The third kappa shape index (κ3) is 4.03. The smallest absolute Gasteiger partial charge is 0.274 e. The lowest BCUT2D eigenvalue weighted by molar-refractivity contribution is -0.385. The van der Waals surface area contributed by atoms with Crippen LogP contribution in [0.15, 0.2) is 12.1 Å². The Morgan fingerprint density at radius 1 is 1.42 bits per heavy atom. The molecule has 6 nitrogen and oxygen atoms in total. The maximum absolute atomic E-state index is 11.8. The van der Waals surface area contributed by atoms with E-state index in [2.05, 4.69) is 5.32 Å². The van der Waals surface area contributed by atoms with Crippen molar-refractivity contribution in [2.45, 2.75) is 27.2 Å². The minimum Gasteiger partial charge on any atom is -0.330 e. The minimum atomic E-state index is -0.451. The van der Waals surface area contributed by atoms with Gasteiger partial charge in [0.2, 0.25) is 5.91 Å². The summed E-state index contributed by atoms with van der Waals surface area (Å²) < 4.78 is 0. The van der Waals surface area contributed by atoms with Crippen LogP contribution >= 0.6 is 0 Å². The molecule has 0 saturated heterocycles. The van der Waals surface area contributed by atoms with Gasteiger partial charge in [-0.3, -0.25) is 14.9 Å². The van der Waals surface area contributed by atoms with Crippen LogP contribution in [0.3, 0.4) is 0 Å². The van der Waals surface area contributed by atoms with Gasteiger partial charge in [-0.05, 0) is 37.9 Å². The predicted octanol–water partition coefficient (Wildman–Crippen LogP) is 2.14. The normalized spacial score (nSPS) is 12.0. The van der Waals surface area contributed by atoms with E-state index in [9.17, 15) is 14.9 Å². The molecule has 6 heteroatoms. The first-order valence-corrected chi connectivity index (χ1v) is 6.10. The van der Waals surface area contributed by atoms with Crippen molar-refractivity contribution < 1.29 is 9.72 Å². The van der Waals surface area contributed by atoms with Gasteiger partial charge in [-0.15, -0.1) is 0 Å². The molecule has 1 amide bonds. The Morgan fingerprint density at radius 2 is 2.05 bits per heavy atom. The monoisotopic (exact) mass is 265 g/mol. The second-order valence-corrected chi connectivity index (χ2v) is 4.80. The summed E-state index contributed by atoms with van der Waals surface area (Å²) in [7, 11) is 0. The van der Waals surface area contributed by atoms with E-state index in [1.807, 2.05) is 6.92 Å². The van der Waals surface area contributed by atoms with Crippen LogP contribution in [0.25, 0.3) is 0 Å². The largest absolute Gasteiger partial charge is 0.330 e. The summed E-state index contributed by atoms with van der Waals surface area (Å²) in [6.07, 6.45) is 0.303. The van der Waals surface area contributed by atoms with Crippen molar-refractivity contribution in [3.8, 4) is 0 Å². The topological polar surface area (TPSA) is 98.3 Å². The Balaban J connectivity index is 2.92. The number of nitrogens with one attached hydrogen (secondary N) is 1. The van der Waals surface area contributed by atoms with Crippen molar-refractivity contribution in [2.24, 2.45) is 11.7 Å². The van der Waals surface area contributed by atoms with Crippen LogP contribution in [-0.2, 0) is 4.79 Å². The summed E-state index contributed by atoms with van der Waals surface area (Å²) in [5.41, 5.74) is 7.33. The molecule has 104 valence electrons. The number of nitro benzene ring substituents is 1. The lowest BCUT2D eigenvalue weighted by atomic mass is 10.1. The maximum Gasteiger partial charge on any atom is 0.274 e. The number of nitrogens with two attached hydrogens (primary N) is 1. The van der Waals surface area contributed by atoms with Crippen LogP contribution in [0.2, 0.25) is 0 Å². The van der Waals surface area contributed by atoms with Gasteiger partial charge >= 0.3 is 0 Å². The second-order valence-electron chi connectivity index (χ2n) is 4.80. The molecule has 0 aliphatic rings. The van der Waals surface area contributed by atoms with Gasteiger partial charge in [0.15, 0.2) is 0 Å². The average molecular weight is 265 g/mol. The SMILES string of the molecule is Cc1cc(C)c([N+](=O)[O-])cc1NC(=O)CC(C)CN. The van der Waals surface area contributed by atoms with E-state index >= 15 is 0 Å². The zero-order valence-corrected chi connectivity index (χ0v) is 11.4. The predicted molar refractivity (Wildman–Crippen MR) is 74.0 cm³/mol. The van der Waals surface area contributed by atoms with Gasteiger partial charge in [-0.1, -0.05) is 6.92 Å². The Labute approximate surface area is 112 Å². The fraction of sp³-hybridized carbons (Fsp3) is 0.462. The fourth-order valence-corrected chi connectivity index (χ4v) is 1.77. The number of hydrogen-bond acceptors (Lipinski definition) is 4. The van der Waals surface area contributed by atoms with Gasteiger partial charge in [-0.25, -0.2) is 0 Å². The highest BCUT2D eigenvalue weighted by molar-refractivity contribution is 5.92. The molecule has 1 aromatic carbocycles. The number of carbonyl (C=O) groups is 1. The van der Waals surface area contributed by atoms with Crippen molar-refractivity contribution in [2.75, 3.05) is 11.9 Å². The standard InChI is InChI=1S/C13H19N3O3/c1-8(7-14)4-13(17)15-11-6-12(16(18)19)10(3)5-9(11)2/h5-6,8H,4,7,14H2,1-3H3,(H,15,17). The van der Waals surface area contributed by atoms with E-state index in [0.717, 1.165) is 5.56 Å². The first-order chi connectivity index (χ1) is 8.85. The number of anilines is 1. The van der Waals surface area contributed by atoms with Crippen LogP contribution in [0.1, 0.15) is 24.5 Å². The molecule has 1 rings (SSSR count). The first-order valence-electron chi connectivity index (χ1n) is 6.10. The van der Waals surface area contributed by atoms with Gasteiger partial charge in [0.05, 0.1) is 10.6 Å². The quantitative estimate of drug-likeness (QED) is 0.629. The summed E-state index contributed by atoms with van der Waals surface area (Å²) in [5, 5.41) is 13.6. The molecule has 0 fully saturated rings. The summed E-state index contributed by atoms with van der Waals surface area (Å²) in [6, 6.07) is 3.09. The lowest BCUT2D eigenvalue weighted by Gasteiger charge is -2.12. The summed E-state index contributed by atoms with van der Waals surface area (Å²) in [6.45, 7) is 5.79. The average Bonchev–Trinajstić information content (AvgIpc) is 2.31. The van der Waals surface area contributed by atoms with Gasteiger partial charge in [-0.2, -0.15) is 0 Å². The summed E-state index contributed by atoms with van der Waals surface area (Å²) in [4.78, 5) is 22.2. The van der Waals surface area contributed by atoms with Gasteiger partial charge in [0.25, 0.3) is 5.69 Å². The van der Waals surface area contributed by atoms with E-state index in [1.165, 1.54) is 6.07 Å². The molecular formula is C13H19N3O3. The second kappa shape index (κ2) is 6.29. The van der Waals surface area contributed by atoms with Crippen LogP contribution < -0.4 is 11.1 Å². The van der Waals surface area contributed by atoms with Crippen LogP contribution in [0, 0.1) is 29.9 Å². The molecule has 0 spiro atoms. The van der Waals surface area contributed by atoms with Crippen molar-refractivity contribution in [1.29, 1.82) is 0 Å². The molecule has 0 radical (unpaired) electrons. The van der Waals surface area contributed by atoms with E-state index in [-0.39, 0.29) is 17.5 Å². The molecule has 0 saturated carbocycles. The number of rotatable bonds is 5.